The summed E-state index contributed by atoms with van der Waals surface area (Å²) in [6, 6.07) is -1.10. The predicted octanol–water partition coefficient (Wildman–Crippen LogP) is 1.96. The number of hydrazine groups is 1. The highest BCUT2D eigenvalue weighted by atomic mass is 32.2. The maximum absolute atomic E-state index is 16.1. The van der Waals surface area contributed by atoms with Crippen molar-refractivity contribution in [1.82, 2.24) is 31.7 Å². The van der Waals surface area contributed by atoms with Crippen LogP contribution in [0.5, 0.6) is 0 Å². The molecule has 48 heavy (non-hydrogen) atoms. The molecule has 0 amide bonds. The molecule has 2 aliphatic carbocycles. The quantitative estimate of drug-likeness (QED) is 0.127. The van der Waals surface area contributed by atoms with Gasteiger partial charge in [-0.1, -0.05) is 0 Å². The Labute approximate surface area is 288 Å². The number of hydrogen-bond acceptors (Lipinski definition) is 13. The molecule has 3 saturated heterocycles. The number of nitro groups is 1. The molecular weight excluding hydrogens is 667 g/mol. The number of halogens is 2. The second-order valence-electron chi connectivity index (χ2n) is 15.1. The number of nitrogens with one attached hydrogen (secondary N) is 5. The van der Waals surface area contributed by atoms with Crippen molar-refractivity contribution in [2.24, 2.45) is 17.6 Å². The number of piperidine rings is 1. The van der Waals surface area contributed by atoms with Gasteiger partial charge in [0.25, 0.3) is 0 Å². The number of nitrogens with two attached hydrogens (primary N) is 1. The summed E-state index contributed by atoms with van der Waals surface area (Å²) in [6.45, 7) is 7.55. The highest BCUT2D eigenvalue weighted by Gasteiger charge is 2.55. The Bertz CT molecular complexity index is 1190. The first-order valence-corrected chi connectivity index (χ1v) is 20.3. The summed E-state index contributed by atoms with van der Waals surface area (Å²) < 4.78 is 63.9. The third-order valence-corrected chi connectivity index (χ3v) is 16.2. The van der Waals surface area contributed by atoms with Gasteiger partial charge in [0.2, 0.25) is 6.04 Å². The predicted molar refractivity (Wildman–Crippen MR) is 184 cm³/mol. The molecule has 0 aromatic heterocycles. The van der Waals surface area contributed by atoms with E-state index in [4.69, 9.17) is 10.5 Å². The summed E-state index contributed by atoms with van der Waals surface area (Å²) in [6.07, 6.45) is 1.36. The van der Waals surface area contributed by atoms with Crippen LogP contribution >= 0.6 is 11.8 Å². The Morgan fingerprint density at radius 1 is 1.08 bits per heavy atom. The molecule has 278 valence electrons. The molecule has 0 spiro atoms. The van der Waals surface area contributed by atoms with Crippen molar-refractivity contribution in [3.05, 3.63) is 10.1 Å². The third-order valence-electron chi connectivity index (χ3n) is 11.7. The number of alkyl halides is 2. The minimum atomic E-state index is -4.00. The van der Waals surface area contributed by atoms with Crippen LogP contribution in [0.4, 0.5) is 8.78 Å². The fraction of sp³-hybridized carbons (Fsp3) is 1.00. The minimum absolute atomic E-state index is 0.0153. The van der Waals surface area contributed by atoms with Crippen molar-refractivity contribution in [3.8, 4) is 0 Å². The number of sulfone groups is 1. The highest BCUT2D eigenvalue weighted by molar-refractivity contribution is 8.00. The van der Waals surface area contributed by atoms with Crippen molar-refractivity contribution < 1.29 is 26.9 Å². The lowest BCUT2D eigenvalue weighted by molar-refractivity contribution is -0.536. The molecule has 5 fully saturated rings. The molecule has 17 heteroatoms. The fourth-order valence-corrected chi connectivity index (χ4v) is 12.5. The maximum atomic E-state index is 16.1. The van der Waals surface area contributed by atoms with Crippen LogP contribution < -0.4 is 32.5 Å². The first-order valence-electron chi connectivity index (χ1n) is 17.8. The van der Waals surface area contributed by atoms with Crippen molar-refractivity contribution in [1.29, 1.82) is 0 Å². The number of ether oxygens (including phenoxy) is 1. The zero-order valence-corrected chi connectivity index (χ0v) is 30.4. The number of thioether (sulfide) groups is 1. The molecule has 5 aliphatic rings. The molecule has 0 aromatic rings. The van der Waals surface area contributed by atoms with Crippen molar-refractivity contribution >= 4 is 21.6 Å². The van der Waals surface area contributed by atoms with E-state index in [0.29, 0.717) is 31.3 Å². The zero-order valence-electron chi connectivity index (χ0n) is 28.8. The summed E-state index contributed by atoms with van der Waals surface area (Å²) in [5.41, 5.74) is 12.1. The molecule has 7 N–H and O–H groups in total. The van der Waals surface area contributed by atoms with E-state index in [2.05, 4.69) is 38.6 Å². The van der Waals surface area contributed by atoms with Crippen LogP contribution in [0, 0.1) is 22.0 Å². The topological polar surface area (TPSA) is 176 Å². The normalized spacial score (nSPS) is 41.0. The third kappa shape index (κ3) is 8.31. The number of likely N-dealkylation sites (tertiary alicyclic amines) is 1. The van der Waals surface area contributed by atoms with Crippen LogP contribution in [0.15, 0.2) is 0 Å². The maximum Gasteiger partial charge on any atom is 0.244 e. The van der Waals surface area contributed by atoms with Gasteiger partial charge in [-0.2, -0.15) is 0 Å². The molecule has 2 saturated carbocycles. The van der Waals surface area contributed by atoms with E-state index in [1.807, 2.05) is 0 Å². The molecular formula is C31H58F2N8O5S2. The zero-order chi connectivity index (χ0) is 34.8. The van der Waals surface area contributed by atoms with Crippen LogP contribution in [0.2, 0.25) is 0 Å². The van der Waals surface area contributed by atoms with Crippen molar-refractivity contribution in [2.45, 2.75) is 155 Å². The molecule has 3 aliphatic heterocycles. The number of nitrogens with zero attached hydrogens (tertiary/aromatic N) is 2. The van der Waals surface area contributed by atoms with E-state index >= 15 is 8.78 Å². The van der Waals surface area contributed by atoms with Crippen molar-refractivity contribution in [2.75, 3.05) is 26.7 Å². The summed E-state index contributed by atoms with van der Waals surface area (Å²) >= 11 is 1.45. The molecule has 3 heterocycles. The van der Waals surface area contributed by atoms with E-state index in [0.717, 1.165) is 38.8 Å². The number of hydrogen-bond donors (Lipinski definition) is 6. The lowest BCUT2D eigenvalue weighted by Gasteiger charge is -2.50. The average Bonchev–Trinajstić information content (AvgIpc) is 3.46. The van der Waals surface area contributed by atoms with Crippen LogP contribution in [-0.2, 0) is 14.6 Å². The Hall–Kier alpha value is -0.760. The molecule has 0 radical (unpaired) electrons. The van der Waals surface area contributed by atoms with Gasteiger partial charge >= 0.3 is 0 Å². The van der Waals surface area contributed by atoms with E-state index in [-0.39, 0.29) is 55.8 Å². The van der Waals surface area contributed by atoms with Crippen molar-refractivity contribution in [3.63, 3.8) is 0 Å². The van der Waals surface area contributed by atoms with E-state index in [1.54, 1.807) is 7.11 Å². The Kier molecular flexibility index (Phi) is 13.0. The van der Waals surface area contributed by atoms with Crippen LogP contribution in [0.25, 0.3) is 0 Å². The fourth-order valence-electron chi connectivity index (χ4n) is 8.72. The first-order chi connectivity index (χ1) is 22.8. The standard InChI is InChI=1S/C31H58F2N8O5S2/c1-18-16-25(39-38-18)35-28-27(46-4)29(40-14-11-19(10-13-34)12-15-40)37-30(36-28)47-24-9-8-20(17-22(24)32)48(44,45)31(2,3)21-6-5-7-23(26(21)33)41(42)43/h18-30,35-39H,5-17,34H2,1-4H3. The summed E-state index contributed by atoms with van der Waals surface area (Å²) in [7, 11) is -2.29. The average molecular weight is 725 g/mol. The molecule has 13 nitrogen and oxygen atoms in total. The lowest BCUT2D eigenvalue weighted by atomic mass is 9.77. The molecule has 12 atom stereocenters. The van der Waals surface area contributed by atoms with Gasteiger partial charge in [0.05, 0.1) is 28.5 Å². The molecule has 12 unspecified atom stereocenters. The van der Waals surface area contributed by atoms with Gasteiger partial charge < -0.3 is 10.5 Å². The van der Waals surface area contributed by atoms with Gasteiger partial charge in [0.1, 0.15) is 17.8 Å². The Morgan fingerprint density at radius 3 is 2.42 bits per heavy atom. The van der Waals surface area contributed by atoms with E-state index < -0.39 is 54.3 Å². The molecule has 0 bridgehead atoms. The largest absolute Gasteiger partial charge is 0.375 e. The summed E-state index contributed by atoms with van der Waals surface area (Å²) in [5, 5.41) is 21.0. The Morgan fingerprint density at radius 2 is 1.81 bits per heavy atom. The minimum Gasteiger partial charge on any atom is -0.375 e. The smallest absolute Gasteiger partial charge is 0.244 e. The summed E-state index contributed by atoms with van der Waals surface area (Å²) in [5.74, 6) is -0.397. The first kappa shape index (κ1) is 38.5. The summed E-state index contributed by atoms with van der Waals surface area (Å²) in [4.78, 5) is 13.3. The molecule has 5 rings (SSSR count). The lowest BCUT2D eigenvalue weighted by Crippen LogP contribution is -2.75. The SMILES string of the molecule is COC1C(NC2CC(C)NN2)NC(SC2CCC(S(=O)(=O)C(C)(C)C3CCCC([N+](=O)[O-])C3F)CC2F)NC1N1CCC(CCN)CC1. The van der Waals surface area contributed by atoms with E-state index in [1.165, 1.54) is 25.6 Å². The van der Waals surface area contributed by atoms with Crippen LogP contribution in [0.3, 0.4) is 0 Å². The highest BCUT2D eigenvalue weighted by Crippen LogP contribution is 2.45. The second kappa shape index (κ2) is 16.3. The van der Waals surface area contributed by atoms with Gasteiger partial charge in [-0.05, 0) is 104 Å². The number of methoxy groups -OCH3 is 1. The van der Waals surface area contributed by atoms with Gasteiger partial charge in [-0.25, -0.2) is 22.6 Å². The molecule has 0 aromatic carbocycles. The van der Waals surface area contributed by atoms with E-state index in [9.17, 15) is 18.5 Å². The number of rotatable bonds is 12. The van der Waals surface area contributed by atoms with Gasteiger partial charge in [0, 0.05) is 35.7 Å². The van der Waals surface area contributed by atoms with Gasteiger partial charge in [-0.15, -0.1) is 11.8 Å². The monoisotopic (exact) mass is 724 g/mol. The van der Waals surface area contributed by atoms with Crippen LogP contribution in [-0.4, -0.2) is 115 Å². The second-order valence-corrected chi connectivity index (χ2v) is 19.3. The van der Waals surface area contributed by atoms with Gasteiger partial charge in [0.15, 0.2) is 16.0 Å². The van der Waals surface area contributed by atoms with Crippen LogP contribution in [0.1, 0.15) is 85.0 Å². The van der Waals surface area contributed by atoms with Gasteiger partial charge in [-0.3, -0.25) is 36.4 Å². The Balaban J connectivity index is 1.25.